The highest BCUT2D eigenvalue weighted by atomic mass is 19.4. The maximum absolute atomic E-state index is 13.1. The van der Waals surface area contributed by atoms with Gasteiger partial charge in [0.05, 0.1) is 16.7 Å². The molecule has 0 saturated carbocycles. The van der Waals surface area contributed by atoms with Gasteiger partial charge in [0, 0.05) is 11.8 Å². The molecule has 10 heteroatoms. The van der Waals surface area contributed by atoms with Crippen LogP contribution in [0.3, 0.4) is 0 Å². The Morgan fingerprint density at radius 2 is 1.96 bits per heavy atom. The molecule has 26 heavy (non-hydrogen) atoms. The van der Waals surface area contributed by atoms with Gasteiger partial charge in [-0.25, -0.2) is 14.2 Å². The monoisotopic (exact) mass is 361 g/mol. The van der Waals surface area contributed by atoms with Gasteiger partial charge in [0.25, 0.3) is 0 Å². The van der Waals surface area contributed by atoms with Crippen molar-refractivity contribution >= 4 is 22.5 Å². The molecule has 0 amide bonds. The second-order valence-electron chi connectivity index (χ2n) is 6.03. The van der Waals surface area contributed by atoms with Gasteiger partial charge in [0.2, 0.25) is 5.95 Å². The Morgan fingerprint density at radius 1 is 1.19 bits per heavy atom. The van der Waals surface area contributed by atoms with Crippen molar-refractivity contribution in [3.63, 3.8) is 0 Å². The zero-order valence-electron chi connectivity index (χ0n) is 13.9. The van der Waals surface area contributed by atoms with Crippen LogP contribution in [-0.2, 0) is 0 Å². The molecule has 2 N–H and O–H groups in total. The van der Waals surface area contributed by atoms with Gasteiger partial charge in [0.1, 0.15) is 11.6 Å². The van der Waals surface area contributed by atoms with Crippen molar-refractivity contribution in [3.05, 3.63) is 36.2 Å². The number of rotatable bonds is 2. The van der Waals surface area contributed by atoms with E-state index in [1.54, 1.807) is 35.8 Å². The molecule has 0 fully saturated rings. The summed E-state index contributed by atoms with van der Waals surface area (Å²) >= 11 is 0. The number of aromatic nitrogens is 6. The Kier molecular flexibility index (Phi) is 3.40. The highest BCUT2D eigenvalue weighted by Gasteiger charge is 2.39. The summed E-state index contributed by atoms with van der Waals surface area (Å²) in [6.45, 7) is 2.85. The van der Waals surface area contributed by atoms with Gasteiger partial charge in [-0.3, -0.25) is 0 Å². The molecule has 0 radical (unpaired) electrons. The highest BCUT2D eigenvalue weighted by molar-refractivity contribution is 5.88. The lowest BCUT2D eigenvalue weighted by Crippen LogP contribution is -2.24. The lowest BCUT2D eigenvalue weighted by Gasteiger charge is -2.16. The average molecular weight is 361 g/mol. The van der Waals surface area contributed by atoms with Crippen molar-refractivity contribution in [2.45, 2.75) is 26.1 Å². The van der Waals surface area contributed by atoms with Crippen molar-refractivity contribution < 1.29 is 13.2 Å². The van der Waals surface area contributed by atoms with E-state index in [1.165, 1.54) is 0 Å². The number of hydrogen-bond acceptors (Lipinski definition) is 5. The number of nitrogens with two attached hydrogens (primary N) is 1. The third-order valence-electron chi connectivity index (χ3n) is 4.32. The van der Waals surface area contributed by atoms with Crippen molar-refractivity contribution in [2.24, 2.45) is 0 Å². The Labute approximate surface area is 145 Å². The highest BCUT2D eigenvalue weighted by Crippen LogP contribution is 2.34. The number of nitrogen functional groups attached to an aromatic ring is 1. The Hall–Kier alpha value is -3.17. The predicted molar refractivity (Wildman–Crippen MR) is 89.4 cm³/mol. The van der Waals surface area contributed by atoms with Gasteiger partial charge in [-0.05, 0) is 37.6 Å². The van der Waals surface area contributed by atoms with Crippen LogP contribution in [0, 0.1) is 6.92 Å². The molecule has 0 spiro atoms. The van der Waals surface area contributed by atoms with E-state index in [1.807, 2.05) is 6.07 Å². The molecule has 0 bridgehead atoms. The van der Waals surface area contributed by atoms with Crippen molar-refractivity contribution in [1.29, 1.82) is 0 Å². The normalized spacial score (nSPS) is 13.6. The Morgan fingerprint density at radius 3 is 2.69 bits per heavy atom. The molecule has 0 unspecified atom stereocenters. The molecule has 0 aliphatic carbocycles. The van der Waals surface area contributed by atoms with Crippen LogP contribution in [0.5, 0.6) is 0 Å². The standard InChI is InChI=1S/C16H14F3N7/c1-8-14-11(5-6-25(14)23-15(20)21-8)10-3-4-12-13(7-10)26(24-22-12)9(2)16(17,18)19/h3-7,9H,1-2H3,(H2,20,23)/t9-/m0/s1. The first kappa shape index (κ1) is 16.3. The number of nitrogens with zero attached hydrogens (tertiary/aromatic N) is 6. The van der Waals surface area contributed by atoms with Crippen molar-refractivity contribution in [1.82, 2.24) is 29.6 Å². The first-order chi connectivity index (χ1) is 12.3. The van der Waals surface area contributed by atoms with Gasteiger partial charge >= 0.3 is 6.18 Å². The van der Waals surface area contributed by atoms with Crippen LogP contribution in [0.25, 0.3) is 27.7 Å². The topological polar surface area (TPSA) is 86.9 Å². The lowest BCUT2D eigenvalue weighted by molar-refractivity contribution is -0.164. The summed E-state index contributed by atoms with van der Waals surface area (Å²) in [6, 6.07) is 5.11. The molecule has 1 atom stereocenters. The van der Waals surface area contributed by atoms with E-state index in [9.17, 15) is 13.2 Å². The average Bonchev–Trinajstić information content (AvgIpc) is 3.16. The molecule has 0 saturated heterocycles. The first-order valence-corrected chi connectivity index (χ1v) is 7.79. The molecule has 1 aromatic carbocycles. The minimum absolute atomic E-state index is 0.147. The molecule has 0 aliphatic heterocycles. The quantitative estimate of drug-likeness (QED) is 0.593. The van der Waals surface area contributed by atoms with E-state index in [-0.39, 0.29) is 5.95 Å². The van der Waals surface area contributed by atoms with Crippen LogP contribution in [0.2, 0.25) is 0 Å². The van der Waals surface area contributed by atoms with Crippen LogP contribution in [0.1, 0.15) is 18.7 Å². The van der Waals surface area contributed by atoms with Crippen LogP contribution in [-0.4, -0.2) is 35.8 Å². The fraction of sp³-hybridized carbons (Fsp3) is 0.250. The van der Waals surface area contributed by atoms with E-state index in [4.69, 9.17) is 5.73 Å². The maximum atomic E-state index is 13.1. The summed E-state index contributed by atoms with van der Waals surface area (Å²) in [5.74, 6) is 0.147. The molecule has 3 aromatic heterocycles. The Balaban J connectivity index is 1.91. The minimum Gasteiger partial charge on any atom is -0.367 e. The maximum Gasteiger partial charge on any atom is 0.410 e. The molecule has 7 nitrogen and oxygen atoms in total. The summed E-state index contributed by atoms with van der Waals surface area (Å²) in [5, 5.41) is 11.6. The summed E-state index contributed by atoms with van der Waals surface area (Å²) < 4.78 is 41.8. The molecule has 4 rings (SSSR count). The third-order valence-corrected chi connectivity index (χ3v) is 4.32. The second kappa shape index (κ2) is 5.41. The minimum atomic E-state index is -4.42. The van der Waals surface area contributed by atoms with E-state index in [0.717, 1.165) is 28.2 Å². The van der Waals surface area contributed by atoms with Gasteiger partial charge in [-0.2, -0.15) is 13.2 Å². The van der Waals surface area contributed by atoms with Gasteiger partial charge in [0.15, 0.2) is 0 Å². The summed E-state index contributed by atoms with van der Waals surface area (Å²) in [5.41, 5.74) is 9.28. The van der Waals surface area contributed by atoms with Gasteiger partial charge < -0.3 is 5.73 Å². The van der Waals surface area contributed by atoms with E-state index in [0.29, 0.717) is 16.7 Å². The number of fused-ring (bicyclic) bond motifs is 2. The largest absolute Gasteiger partial charge is 0.410 e. The number of hydrogen-bond donors (Lipinski definition) is 1. The van der Waals surface area contributed by atoms with E-state index >= 15 is 0 Å². The van der Waals surface area contributed by atoms with Crippen LogP contribution < -0.4 is 5.73 Å². The van der Waals surface area contributed by atoms with E-state index in [2.05, 4.69) is 20.4 Å². The molecule has 4 aromatic rings. The van der Waals surface area contributed by atoms with Gasteiger partial charge in [-0.1, -0.05) is 11.3 Å². The van der Waals surface area contributed by atoms with Crippen molar-refractivity contribution in [2.75, 3.05) is 5.73 Å². The number of halogens is 3. The summed E-state index contributed by atoms with van der Waals surface area (Å²) in [4.78, 5) is 4.16. The van der Waals surface area contributed by atoms with Crippen LogP contribution in [0.15, 0.2) is 30.5 Å². The fourth-order valence-electron chi connectivity index (χ4n) is 2.98. The fourth-order valence-corrected chi connectivity index (χ4v) is 2.98. The van der Waals surface area contributed by atoms with Crippen LogP contribution >= 0.6 is 0 Å². The SMILES string of the molecule is Cc1nc(N)nn2ccc(-c3ccc4nnn([C@@H](C)C(F)(F)F)c4c3)c12. The molecule has 0 aliphatic rings. The molecular formula is C16H14F3N7. The van der Waals surface area contributed by atoms with Crippen molar-refractivity contribution in [3.8, 4) is 11.1 Å². The first-order valence-electron chi connectivity index (χ1n) is 7.79. The smallest absolute Gasteiger partial charge is 0.367 e. The second-order valence-corrected chi connectivity index (χ2v) is 6.03. The number of aryl methyl sites for hydroxylation is 1. The third kappa shape index (κ3) is 2.45. The summed E-state index contributed by atoms with van der Waals surface area (Å²) in [6.07, 6.45) is -2.69. The zero-order chi connectivity index (χ0) is 18.6. The summed E-state index contributed by atoms with van der Waals surface area (Å²) in [7, 11) is 0. The number of benzene rings is 1. The van der Waals surface area contributed by atoms with E-state index < -0.39 is 12.2 Å². The Bertz CT molecular complexity index is 1130. The lowest BCUT2D eigenvalue weighted by atomic mass is 10.1. The molecule has 134 valence electrons. The zero-order valence-corrected chi connectivity index (χ0v) is 13.9. The number of anilines is 1. The van der Waals surface area contributed by atoms with Crippen LogP contribution in [0.4, 0.5) is 19.1 Å². The van der Waals surface area contributed by atoms with Gasteiger partial charge in [-0.15, -0.1) is 10.2 Å². The number of alkyl halides is 3. The molecule has 3 heterocycles. The predicted octanol–water partition coefficient (Wildman–Crippen LogP) is 3.15. The molecular weight excluding hydrogens is 347 g/mol.